The van der Waals surface area contributed by atoms with Crippen molar-refractivity contribution in [2.75, 3.05) is 18.1 Å². The van der Waals surface area contributed by atoms with Gasteiger partial charge < -0.3 is 9.64 Å². The van der Waals surface area contributed by atoms with Crippen LogP contribution in [0, 0.1) is 0 Å². The topological polar surface area (TPSA) is 53.6 Å². The van der Waals surface area contributed by atoms with Crippen LogP contribution in [0.2, 0.25) is 5.15 Å². The smallest absolute Gasteiger partial charge is 0.325 e. The number of halogens is 1. The summed E-state index contributed by atoms with van der Waals surface area (Å²) in [6.07, 6.45) is 1.40. The van der Waals surface area contributed by atoms with Crippen LogP contribution >= 0.6 is 11.6 Å². The molecule has 1 aromatic heterocycles. The molecule has 0 unspecified atom stereocenters. The highest BCUT2D eigenvalue weighted by Gasteiger charge is 2.38. The van der Waals surface area contributed by atoms with E-state index in [0.717, 1.165) is 4.73 Å². The van der Waals surface area contributed by atoms with Crippen LogP contribution in [0.3, 0.4) is 0 Å². The third-order valence-electron chi connectivity index (χ3n) is 2.71. The highest BCUT2D eigenvalue weighted by atomic mass is 35.5. The first kappa shape index (κ1) is 12.1. The SMILES string of the molecule is CC1(C)OCCN(c2ccc(Cl)[n+](O)c2)C1=O. The third-order valence-corrected chi connectivity index (χ3v) is 3.01. The lowest BCUT2D eigenvalue weighted by atomic mass is 10.1. The van der Waals surface area contributed by atoms with Gasteiger partial charge in [-0.3, -0.25) is 10.0 Å². The lowest BCUT2D eigenvalue weighted by Crippen LogP contribution is -2.54. The van der Waals surface area contributed by atoms with Gasteiger partial charge in [-0.1, -0.05) is 0 Å². The van der Waals surface area contributed by atoms with Crippen molar-refractivity contribution in [1.29, 1.82) is 0 Å². The van der Waals surface area contributed by atoms with Gasteiger partial charge in [-0.25, -0.2) is 0 Å². The predicted octanol–water partition coefficient (Wildman–Crippen LogP) is 1.01. The molecular formula is C11H14ClN2O3+. The monoisotopic (exact) mass is 257 g/mol. The summed E-state index contributed by atoms with van der Waals surface area (Å²) in [5.41, 5.74) is -0.240. The summed E-state index contributed by atoms with van der Waals surface area (Å²) in [7, 11) is 0. The number of rotatable bonds is 1. The Morgan fingerprint density at radius 1 is 1.53 bits per heavy atom. The third kappa shape index (κ3) is 2.21. The Bertz CT molecular complexity index is 462. The van der Waals surface area contributed by atoms with E-state index in [4.69, 9.17) is 16.3 Å². The molecule has 1 fully saturated rings. The Hall–Kier alpha value is -1.33. The van der Waals surface area contributed by atoms with E-state index in [1.807, 2.05) is 0 Å². The normalized spacial score (nSPS) is 19.5. The fourth-order valence-electron chi connectivity index (χ4n) is 1.75. The molecule has 0 aliphatic carbocycles. The van der Waals surface area contributed by atoms with Crippen molar-refractivity contribution < 1.29 is 19.5 Å². The van der Waals surface area contributed by atoms with Crippen LogP contribution in [-0.2, 0) is 9.53 Å². The van der Waals surface area contributed by atoms with Gasteiger partial charge >= 0.3 is 5.15 Å². The standard InChI is InChI=1S/C11H14ClN2O3/c1-11(2)10(15)13(5-6-17-11)8-3-4-9(12)14(16)7-8/h3-4,7,16H,5-6H2,1-2H3/q+1. The number of carbonyl (C=O) groups excluding carboxylic acids is 1. The van der Waals surface area contributed by atoms with Crippen LogP contribution in [0.15, 0.2) is 18.3 Å². The van der Waals surface area contributed by atoms with E-state index in [0.29, 0.717) is 18.8 Å². The summed E-state index contributed by atoms with van der Waals surface area (Å²) >= 11 is 5.70. The number of hydrogen-bond acceptors (Lipinski definition) is 3. The molecule has 92 valence electrons. The van der Waals surface area contributed by atoms with E-state index in [2.05, 4.69) is 0 Å². The fourth-order valence-corrected chi connectivity index (χ4v) is 1.86. The molecule has 1 aromatic rings. The molecule has 0 atom stereocenters. The minimum absolute atomic E-state index is 0.133. The van der Waals surface area contributed by atoms with Gasteiger partial charge in [0.05, 0.1) is 6.61 Å². The Morgan fingerprint density at radius 3 is 2.88 bits per heavy atom. The second-order valence-electron chi connectivity index (χ2n) is 4.37. The van der Waals surface area contributed by atoms with Gasteiger partial charge in [-0.05, 0) is 31.5 Å². The van der Waals surface area contributed by atoms with E-state index in [1.165, 1.54) is 12.3 Å². The first-order chi connectivity index (χ1) is 7.92. The van der Waals surface area contributed by atoms with Crippen LogP contribution in [-0.4, -0.2) is 29.9 Å². The molecule has 1 saturated heterocycles. The van der Waals surface area contributed by atoms with Crippen molar-refractivity contribution in [3.63, 3.8) is 0 Å². The zero-order valence-corrected chi connectivity index (χ0v) is 10.4. The molecule has 2 heterocycles. The number of pyridine rings is 1. The highest BCUT2D eigenvalue weighted by Crippen LogP contribution is 2.23. The molecule has 0 radical (unpaired) electrons. The maximum atomic E-state index is 12.1. The van der Waals surface area contributed by atoms with E-state index >= 15 is 0 Å². The number of nitrogens with zero attached hydrogens (tertiary/aromatic N) is 2. The lowest BCUT2D eigenvalue weighted by Gasteiger charge is -2.36. The van der Waals surface area contributed by atoms with E-state index in [1.54, 1.807) is 24.8 Å². The first-order valence-electron chi connectivity index (χ1n) is 5.28. The lowest BCUT2D eigenvalue weighted by molar-refractivity contribution is -0.902. The van der Waals surface area contributed by atoms with Crippen molar-refractivity contribution >= 4 is 23.2 Å². The van der Waals surface area contributed by atoms with Gasteiger partial charge in [0.15, 0.2) is 0 Å². The number of aromatic nitrogens is 1. The molecule has 6 heteroatoms. The Morgan fingerprint density at radius 2 is 2.24 bits per heavy atom. The number of carbonyl (C=O) groups is 1. The van der Waals surface area contributed by atoms with Gasteiger partial charge in [0.25, 0.3) is 5.91 Å². The van der Waals surface area contributed by atoms with Crippen LogP contribution in [0.1, 0.15) is 13.8 Å². The summed E-state index contributed by atoms with van der Waals surface area (Å²) in [6, 6.07) is 3.22. The summed E-state index contributed by atoms with van der Waals surface area (Å²) in [5.74, 6) is -0.133. The van der Waals surface area contributed by atoms with Crippen LogP contribution in [0.25, 0.3) is 0 Å². The molecule has 0 spiro atoms. The van der Waals surface area contributed by atoms with Crippen LogP contribution < -0.4 is 9.63 Å². The maximum absolute atomic E-state index is 12.1. The maximum Gasteiger partial charge on any atom is 0.325 e. The van der Waals surface area contributed by atoms with E-state index < -0.39 is 5.60 Å². The molecule has 17 heavy (non-hydrogen) atoms. The van der Waals surface area contributed by atoms with Gasteiger partial charge in [0.1, 0.15) is 11.3 Å². The minimum Gasteiger partial charge on any atom is -0.364 e. The number of morpholine rings is 1. The zero-order valence-electron chi connectivity index (χ0n) is 9.68. The van der Waals surface area contributed by atoms with Crippen LogP contribution in [0.4, 0.5) is 5.69 Å². The van der Waals surface area contributed by atoms with Crippen molar-refractivity contribution in [3.8, 4) is 0 Å². The van der Waals surface area contributed by atoms with Gasteiger partial charge in [0, 0.05) is 17.3 Å². The molecule has 5 nitrogen and oxygen atoms in total. The quantitative estimate of drug-likeness (QED) is 0.464. The summed E-state index contributed by atoms with van der Waals surface area (Å²) in [4.78, 5) is 13.7. The first-order valence-corrected chi connectivity index (χ1v) is 5.66. The highest BCUT2D eigenvalue weighted by molar-refractivity contribution is 6.28. The van der Waals surface area contributed by atoms with Gasteiger partial charge in [0.2, 0.25) is 6.20 Å². The molecule has 0 bridgehead atoms. The summed E-state index contributed by atoms with van der Waals surface area (Å²) in [6.45, 7) is 4.38. The second kappa shape index (κ2) is 4.16. The fraction of sp³-hybridized carbons (Fsp3) is 0.455. The molecule has 1 aliphatic rings. The summed E-state index contributed by atoms with van der Waals surface area (Å²) in [5, 5.41) is 9.65. The average Bonchev–Trinajstić information content (AvgIpc) is 2.26. The van der Waals surface area contributed by atoms with Crippen LogP contribution in [0.5, 0.6) is 0 Å². The van der Waals surface area contributed by atoms with Crippen molar-refractivity contribution in [2.45, 2.75) is 19.4 Å². The average molecular weight is 258 g/mol. The summed E-state index contributed by atoms with van der Waals surface area (Å²) < 4.78 is 6.18. The Balaban J connectivity index is 2.33. The number of ether oxygens (including phenoxy) is 1. The molecule has 1 amide bonds. The Labute approximate surface area is 104 Å². The molecule has 0 saturated carbocycles. The minimum atomic E-state index is -0.835. The Kier molecular flexibility index (Phi) is 2.97. The van der Waals surface area contributed by atoms with Crippen molar-refractivity contribution in [1.82, 2.24) is 0 Å². The molecule has 0 aromatic carbocycles. The van der Waals surface area contributed by atoms with Gasteiger partial charge in [-0.2, -0.15) is 0 Å². The molecular weight excluding hydrogens is 244 g/mol. The number of anilines is 1. The van der Waals surface area contributed by atoms with E-state index in [-0.39, 0.29) is 11.1 Å². The van der Waals surface area contributed by atoms with E-state index in [9.17, 15) is 10.0 Å². The van der Waals surface area contributed by atoms with Crippen molar-refractivity contribution in [2.24, 2.45) is 0 Å². The van der Waals surface area contributed by atoms with Crippen molar-refractivity contribution in [3.05, 3.63) is 23.5 Å². The molecule has 1 N–H and O–H groups in total. The second-order valence-corrected chi connectivity index (χ2v) is 4.76. The number of amides is 1. The molecule has 1 aliphatic heterocycles. The number of hydrogen-bond donors (Lipinski definition) is 1. The molecule has 2 rings (SSSR count). The predicted molar refractivity (Wildman–Crippen MR) is 61.2 cm³/mol. The zero-order chi connectivity index (χ0) is 12.6. The largest absolute Gasteiger partial charge is 0.364 e. The van der Waals surface area contributed by atoms with Gasteiger partial charge in [-0.15, -0.1) is 0 Å².